The van der Waals surface area contributed by atoms with E-state index < -0.39 is 0 Å². The second-order valence-electron chi connectivity index (χ2n) is 4.85. The molecule has 0 spiro atoms. The van der Waals surface area contributed by atoms with Crippen LogP contribution in [0.15, 0.2) is 48.5 Å². The molecule has 0 bridgehead atoms. The van der Waals surface area contributed by atoms with Crippen LogP contribution in [-0.4, -0.2) is 19.6 Å². The number of nitrogens with one attached hydrogen (secondary N) is 1. The van der Waals surface area contributed by atoms with Gasteiger partial charge in [0.1, 0.15) is 5.82 Å². The number of anilines is 2. The highest BCUT2D eigenvalue weighted by Gasteiger charge is 2.03. The lowest BCUT2D eigenvalue weighted by atomic mass is 10.2. The molecule has 0 atom stereocenters. The van der Waals surface area contributed by atoms with Crippen LogP contribution in [-0.2, 0) is 0 Å². The van der Waals surface area contributed by atoms with Crippen LogP contribution in [0.5, 0.6) is 0 Å². The highest BCUT2D eigenvalue weighted by molar-refractivity contribution is 5.48. The van der Waals surface area contributed by atoms with Crippen molar-refractivity contribution in [3.05, 3.63) is 59.9 Å². The fourth-order valence-corrected chi connectivity index (χ4v) is 2.13. The molecule has 2 nitrogen and oxygen atoms in total. The maximum absolute atomic E-state index is 12.8. The zero-order chi connectivity index (χ0) is 14.4. The van der Waals surface area contributed by atoms with Gasteiger partial charge < -0.3 is 10.2 Å². The topological polar surface area (TPSA) is 15.3 Å². The number of nitrogens with zero attached hydrogens (tertiary/aromatic N) is 1. The summed E-state index contributed by atoms with van der Waals surface area (Å²) < 4.78 is 12.8. The lowest BCUT2D eigenvalue weighted by Gasteiger charge is -2.23. The first-order valence-electron chi connectivity index (χ1n) is 7.00. The first-order chi connectivity index (χ1) is 9.69. The molecular formula is C17H21FN2. The Bertz CT molecular complexity index is 520. The van der Waals surface area contributed by atoms with Gasteiger partial charge in [-0.25, -0.2) is 4.39 Å². The zero-order valence-corrected chi connectivity index (χ0v) is 12.1. The fraction of sp³-hybridized carbons (Fsp3) is 0.294. The Morgan fingerprint density at radius 1 is 1.00 bits per heavy atom. The van der Waals surface area contributed by atoms with E-state index in [9.17, 15) is 4.39 Å². The number of rotatable bonds is 6. The van der Waals surface area contributed by atoms with E-state index >= 15 is 0 Å². The zero-order valence-electron chi connectivity index (χ0n) is 12.1. The molecule has 1 N–H and O–H groups in total. The van der Waals surface area contributed by atoms with Crippen molar-refractivity contribution >= 4 is 11.4 Å². The van der Waals surface area contributed by atoms with Gasteiger partial charge in [0.2, 0.25) is 0 Å². The van der Waals surface area contributed by atoms with E-state index in [1.807, 2.05) is 0 Å². The van der Waals surface area contributed by atoms with Gasteiger partial charge in [0.15, 0.2) is 0 Å². The first kappa shape index (κ1) is 14.4. The van der Waals surface area contributed by atoms with Gasteiger partial charge in [-0.05, 0) is 50.2 Å². The van der Waals surface area contributed by atoms with Gasteiger partial charge >= 0.3 is 0 Å². The van der Waals surface area contributed by atoms with Gasteiger partial charge in [0, 0.05) is 31.0 Å². The SMILES string of the molecule is CCN(CCNc1ccc(F)cc1)c1ccc(C)cc1. The van der Waals surface area contributed by atoms with Crippen molar-refractivity contribution in [2.24, 2.45) is 0 Å². The normalized spacial score (nSPS) is 10.3. The molecule has 2 rings (SSSR count). The maximum atomic E-state index is 12.8. The lowest BCUT2D eigenvalue weighted by Crippen LogP contribution is -2.28. The molecule has 0 radical (unpaired) electrons. The molecule has 0 aromatic heterocycles. The molecule has 20 heavy (non-hydrogen) atoms. The van der Waals surface area contributed by atoms with Crippen molar-refractivity contribution in [1.29, 1.82) is 0 Å². The first-order valence-corrected chi connectivity index (χ1v) is 7.00. The summed E-state index contributed by atoms with van der Waals surface area (Å²) in [4.78, 5) is 2.32. The quantitative estimate of drug-likeness (QED) is 0.852. The van der Waals surface area contributed by atoms with Gasteiger partial charge in [-0.2, -0.15) is 0 Å². The molecule has 0 saturated carbocycles. The van der Waals surface area contributed by atoms with Crippen LogP contribution in [0.4, 0.5) is 15.8 Å². The average Bonchev–Trinajstić information content (AvgIpc) is 2.47. The van der Waals surface area contributed by atoms with Crippen LogP contribution < -0.4 is 10.2 Å². The molecule has 0 aliphatic rings. The smallest absolute Gasteiger partial charge is 0.123 e. The van der Waals surface area contributed by atoms with Crippen molar-refractivity contribution < 1.29 is 4.39 Å². The van der Waals surface area contributed by atoms with Gasteiger partial charge in [-0.1, -0.05) is 17.7 Å². The number of benzene rings is 2. The molecule has 3 heteroatoms. The summed E-state index contributed by atoms with van der Waals surface area (Å²) in [5.41, 5.74) is 3.46. The molecule has 106 valence electrons. The Labute approximate surface area is 120 Å². The van der Waals surface area contributed by atoms with Crippen LogP contribution in [0, 0.1) is 12.7 Å². The minimum absolute atomic E-state index is 0.203. The summed E-state index contributed by atoms with van der Waals surface area (Å²) in [5, 5.41) is 3.31. The average molecular weight is 272 g/mol. The van der Waals surface area contributed by atoms with Gasteiger partial charge in [-0.3, -0.25) is 0 Å². The Morgan fingerprint density at radius 2 is 1.65 bits per heavy atom. The van der Waals surface area contributed by atoms with Crippen molar-refractivity contribution in [2.45, 2.75) is 13.8 Å². The van der Waals surface area contributed by atoms with Crippen LogP contribution in [0.1, 0.15) is 12.5 Å². The van der Waals surface area contributed by atoms with Crippen LogP contribution >= 0.6 is 0 Å². The molecule has 0 amide bonds. The van der Waals surface area contributed by atoms with E-state index in [1.165, 1.54) is 23.4 Å². The van der Waals surface area contributed by atoms with Crippen molar-refractivity contribution in [2.75, 3.05) is 29.9 Å². The van der Waals surface area contributed by atoms with Crippen molar-refractivity contribution in [1.82, 2.24) is 0 Å². The maximum Gasteiger partial charge on any atom is 0.123 e. The fourth-order valence-electron chi connectivity index (χ4n) is 2.13. The Kier molecular flexibility index (Phi) is 4.99. The third-order valence-electron chi connectivity index (χ3n) is 3.34. The molecule has 0 heterocycles. The van der Waals surface area contributed by atoms with Gasteiger partial charge in [0.05, 0.1) is 0 Å². The summed E-state index contributed by atoms with van der Waals surface area (Å²) in [6.45, 7) is 6.95. The highest BCUT2D eigenvalue weighted by atomic mass is 19.1. The van der Waals surface area contributed by atoms with Gasteiger partial charge in [0.25, 0.3) is 0 Å². The monoisotopic (exact) mass is 272 g/mol. The van der Waals surface area contributed by atoms with E-state index in [0.717, 1.165) is 25.3 Å². The van der Waals surface area contributed by atoms with E-state index in [1.54, 1.807) is 12.1 Å². The molecule has 0 aliphatic heterocycles. The van der Waals surface area contributed by atoms with Crippen LogP contribution in [0.25, 0.3) is 0 Å². The van der Waals surface area contributed by atoms with E-state index in [-0.39, 0.29) is 5.82 Å². The van der Waals surface area contributed by atoms with Crippen LogP contribution in [0.2, 0.25) is 0 Å². The number of aryl methyl sites for hydroxylation is 1. The van der Waals surface area contributed by atoms with E-state index in [4.69, 9.17) is 0 Å². The summed E-state index contributed by atoms with van der Waals surface area (Å²) in [6.07, 6.45) is 0. The summed E-state index contributed by atoms with van der Waals surface area (Å²) in [7, 11) is 0. The second kappa shape index (κ2) is 6.94. The summed E-state index contributed by atoms with van der Waals surface area (Å²) in [6, 6.07) is 15.0. The molecule has 2 aromatic carbocycles. The molecule has 0 saturated heterocycles. The molecule has 0 unspecified atom stereocenters. The van der Waals surface area contributed by atoms with Crippen LogP contribution in [0.3, 0.4) is 0 Å². The van der Waals surface area contributed by atoms with Crippen molar-refractivity contribution in [3.63, 3.8) is 0 Å². The Morgan fingerprint density at radius 3 is 2.25 bits per heavy atom. The second-order valence-corrected chi connectivity index (χ2v) is 4.85. The summed E-state index contributed by atoms with van der Waals surface area (Å²) >= 11 is 0. The third kappa shape index (κ3) is 3.98. The Balaban J connectivity index is 1.87. The number of halogens is 1. The number of hydrogen-bond donors (Lipinski definition) is 1. The number of likely N-dealkylation sites (N-methyl/N-ethyl adjacent to an activating group) is 1. The third-order valence-corrected chi connectivity index (χ3v) is 3.34. The molecule has 2 aromatic rings. The van der Waals surface area contributed by atoms with Gasteiger partial charge in [-0.15, -0.1) is 0 Å². The van der Waals surface area contributed by atoms with E-state index in [2.05, 4.69) is 48.3 Å². The predicted octanol–water partition coefficient (Wildman–Crippen LogP) is 4.07. The minimum Gasteiger partial charge on any atom is -0.383 e. The van der Waals surface area contributed by atoms with E-state index in [0.29, 0.717) is 0 Å². The number of hydrogen-bond acceptors (Lipinski definition) is 2. The Hall–Kier alpha value is -2.03. The molecule has 0 fully saturated rings. The lowest BCUT2D eigenvalue weighted by molar-refractivity contribution is 0.628. The minimum atomic E-state index is -0.203. The standard InChI is InChI=1S/C17H21FN2/c1-3-20(17-10-4-14(2)5-11-17)13-12-19-16-8-6-15(18)7-9-16/h4-11,19H,3,12-13H2,1-2H3. The molecular weight excluding hydrogens is 251 g/mol. The summed E-state index contributed by atoms with van der Waals surface area (Å²) in [5.74, 6) is -0.203. The molecule has 0 aliphatic carbocycles. The van der Waals surface area contributed by atoms with Crippen molar-refractivity contribution in [3.8, 4) is 0 Å². The highest BCUT2D eigenvalue weighted by Crippen LogP contribution is 2.15. The predicted molar refractivity (Wildman–Crippen MR) is 84.0 cm³/mol. The largest absolute Gasteiger partial charge is 0.383 e.